The van der Waals surface area contributed by atoms with Gasteiger partial charge in [-0.3, -0.25) is 4.79 Å². The van der Waals surface area contributed by atoms with Crippen molar-refractivity contribution < 1.29 is 9.47 Å². The third-order valence-corrected chi connectivity index (χ3v) is 4.20. The average Bonchev–Trinajstić information content (AvgIpc) is 3.07. The van der Waals surface area contributed by atoms with E-state index in [4.69, 9.17) is 9.47 Å². The summed E-state index contributed by atoms with van der Waals surface area (Å²) in [6.45, 7) is 0.179. The Morgan fingerprint density at radius 3 is 2.71 bits per heavy atom. The molecule has 1 N–H and O–H groups in total. The van der Waals surface area contributed by atoms with Crippen LogP contribution in [0, 0.1) is 0 Å². The summed E-state index contributed by atoms with van der Waals surface area (Å²) in [6, 6.07) is 16.9. The number of hydrogen-bond donors (Lipinski definition) is 1. The topological polar surface area (TPSA) is 64.2 Å². The minimum Gasteiger partial charge on any atom is -0.454 e. The number of fused-ring (bicyclic) bond motifs is 3. The van der Waals surface area contributed by atoms with Crippen molar-refractivity contribution in [2.24, 2.45) is 0 Å². The maximum Gasteiger partial charge on any atom is 0.231 e. The molecular weight excluding hydrogens is 304 g/mol. The van der Waals surface area contributed by atoms with E-state index in [1.807, 2.05) is 36.4 Å². The van der Waals surface area contributed by atoms with Crippen molar-refractivity contribution in [3.63, 3.8) is 0 Å². The van der Waals surface area contributed by atoms with Crippen LogP contribution in [0.5, 0.6) is 11.5 Å². The number of hydrogen-bond acceptors (Lipinski definition) is 4. The molecule has 2 aromatic carbocycles. The third kappa shape index (κ3) is 1.95. The fourth-order valence-corrected chi connectivity index (χ4v) is 2.99. The molecule has 0 amide bonds. The molecule has 0 bridgehead atoms. The molecule has 0 atom stereocenters. The quantitative estimate of drug-likeness (QED) is 0.584. The first-order chi connectivity index (χ1) is 11.8. The number of ether oxygens (including phenoxy) is 2. The van der Waals surface area contributed by atoms with Crippen molar-refractivity contribution in [2.75, 3.05) is 6.79 Å². The highest BCUT2D eigenvalue weighted by atomic mass is 16.7. The molecule has 0 spiro atoms. The van der Waals surface area contributed by atoms with Gasteiger partial charge in [0, 0.05) is 22.9 Å². The predicted octanol–water partition coefficient (Wildman–Crippen LogP) is 3.47. The Hall–Kier alpha value is -3.34. The fraction of sp³-hybridized carbons (Fsp3) is 0.0526. The Balaban J connectivity index is 1.73. The minimum atomic E-state index is -0.0768. The van der Waals surface area contributed by atoms with Gasteiger partial charge in [-0.05, 0) is 18.2 Å². The highest BCUT2D eigenvalue weighted by molar-refractivity contribution is 5.86. The van der Waals surface area contributed by atoms with E-state index in [0.29, 0.717) is 28.1 Å². The van der Waals surface area contributed by atoms with E-state index in [2.05, 4.69) is 9.97 Å². The fourth-order valence-electron chi connectivity index (χ4n) is 2.99. The summed E-state index contributed by atoms with van der Waals surface area (Å²) in [7, 11) is 0. The Labute approximate surface area is 136 Å². The maximum atomic E-state index is 12.5. The van der Waals surface area contributed by atoms with E-state index in [1.54, 1.807) is 18.2 Å². The number of rotatable bonds is 1. The van der Waals surface area contributed by atoms with Crippen molar-refractivity contribution in [2.45, 2.75) is 0 Å². The molecule has 2 aromatic heterocycles. The summed E-state index contributed by atoms with van der Waals surface area (Å²) in [5.41, 5.74) is 2.92. The smallest absolute Gasteiger partial charge is 0.231 e. The highest BCUT2D eigenvalue weighted by Gasteiger charge is 2.16. The Bertz CT molecular complexity index is 1160. The van der Waals surface area contributed by atoms with Gasteiger partial charge in [0.1, 0.15) is 0 Å². The lowest BCUT2D eigenvalue weighted by Gasteiger charge is -2.06. The molecule has 1 aliphatic rings. The molecule has 0 saturated carbocycles. The molecule has 0 fully saturated rings. The largest absolute Gasteiger partial charge is 0.454 e. The molecule has 5 nitrogen and oxygen atoms in total. The van der Waals surface area contributed by atoms with Crippen LogP contribution in [0.15, 0.2) is 59.4 Å². The van der Waals surface area contributed by atoms with E-state index < -0.39 is 0 Å². The van der Waals surface area contributed by atoms with Crippen LogP contribution in [0.25, 0.3) is 33.2 Å². The molecule has 5 heteroatoms. The van der Waals surface area contributed by atoms with Crippen molar-refractivity contribution in [1.29, 1.82) is 0 Å². The number of benzene rings is 2. The van der Waals surface area contributed by atoms with E-state index in [1.165, 1.54) is 0 Å². The highest BCUT2D eigenvalue weighted by Crippen LogP contribution is 2.35. The summed E-state index contributed by atoms with van der Waals surface area (Å²) in [5, 5.41) is 1.64. The zero-order valence-electron chi connectivity index (χ0n) is 12.6. The summed E-state index contributed by atoms with van der Waals surface area (Å²) < 4.78 is 10.7. The van der Waals surface area contributed by atoms with Crippen LogP contribution in [0.2, 0.25) is 0 Å². The maximum absolute atomic E-state index is 12.5. The van der Waals surface area contributed by atoms with Gasteiger partial charge in [-0.25, -0.2) is 4.98 Å². The molecular formula is C19H12N2O3. The van der Waals surface area contributed by atoms with Gasteiger partial charge in [0.15, 0.2) is 16.9 Å². The van der Waals surface area contributed by atoms with E-state index >= 15 is 0 Å². The van der Waals surface area contributed by atoms with Gasteiger partial charge >= 0.3 is 0 Å². The molecule has 0 aliphatic carbocycles. The SMILES string of the molecule is O=c1cc(-c2ccc3ccccc3n2)[nH]c2cc3c(cc12)OCO3. The van der Waals surface area contributed by atoms with Crippen LogP contribution in [0.4, 0.5) is 0 Å². The first kappa shape index (κ1) is 13.1. The molecule has 1 aliphatic heterocycles. The number of H-pyrrole nitrogens is 1. The molecule has 0 radical (unpaired) electrons. The second-order valence-electron chi connectivity index (χ2n) is 5.69. The van der Waals surface area contributed by atoms with Crippen LogP contribution in [0.1, 0.15) is 0 Å². The first-order valence-electron chi connectivity index (χ1n) is 7.61. The standard InChI is InChI=1S/C19H12N2O3/c22-17-8-16(14-6-5-11-3-1-2-4-13(11)20-14)21-15-9-19-18(7-12(15)17)23-10-24-19/h1-9H,10H2,(H,21,22). The van der Waals surface area contributed by atoms with E-state index in [-0.39, 0.29) is 12.2 Å². The van der Waals surface area contributed by atoms with E-state index in [9.17, 15) is 4.79 Å². The van der Waals surface area contributed by atoms with Gasteiger partial charge in [-0.15, -0.1) is 0 Å². The number of nitrogens with zero attached hydrogens (tertiary/aromatic N) is 1. The van der Waals surface area contributed by atoms with Gasteiger partial charge in [0.05, 0.1) is 22.4 Å². The lowest BCUT2D eigenvalue weighted by Crippen LogP contribution is -2.03. The minimum absolute atomic E-state index is 0.0768. The van der Waals surface area contributed by atoms with Crippen LogP contribution >= 0.6 is 0 Å². The number of para-hydroxylation sites is 1. The molecule has 0 unspecified atom stereocenters. The zero-order chi connectivity index (χ0) is 16.1. The Morgan fingerprint density at radius 1 is 0.958 bits per heavy atom. The van der Waals surface area contributed by atoms with Crippen LogP contribution in [-0.4, -0.2) is 16.8 Å². The average molecular weight is 316 g/mol. The third-order valence-electron chi connectivity index (χ3n) is 4.20. The summed E-state index contributed by atoms with van der Waals surface area (Å²) in [4.78, 5) is 20.4. The van der Waals surface area contributed by atoms with Gasteiger partial charge in [0.25, 0.3) is 0 Å². The van der Waals surface area contributed by atoms with Crippen LogP contribution in [-0.2, 0) is 0 Å². The van der Waals surface area contributed by atoms with Gasteiger partial charge in [0.2, 0.25) is 6.79 Å². The van der Waals surface area contributed by atoms with Crippen LogP contribution < -0.4 is 14.9 Å². The van der Waals surface area contributed by atoms with E-state index in [0.717, 1.165) is 16.6 Å². The second-order valence-corrected chi connectivity index (χ2v) is 5.69. The van der Waals surface area contributed by atoms with Gasteiger partial charge in [-0.1, -0.05) is 24.3 Å². The van der Waals surface area contributed by atoms with Crippen molar-refractivity contribution in [3.05, 3.63) is 64.8 Å². The van der Waals surface area contributed by atoms with Crippen molar-refractivity contribution in [1.82, 2.24) is 9.97 Å². The molecule has 24 heavy (non-hydrogen) atoms. The van der Waals surface area contributed by atoms with Gasteiger partial charge < -0.3 is 14.5 Å². The normalized spacial score (nSPS) is 12.8. The van der Waals surface area contributed by atoms with Crippen molar-refractivity contribution >= 4 is 21.8 Å². The molecule has 116 valence electrons. The number of nitrogens with one attached hydrogen (secondary N) is 1. The van der Waals surface area contributed by atoms with Crippen molar-refractivity contribution in [3.8, 4) is 22.9 Å². The van der Waals surface area contributed by atoms with Crippen LogP contribution in [0.3, 0.4) is 0 Å². The molecule has 3 heterocycles. The zero-order valence-corrected chi connectivity index (χ0v) is 12.6. The summed E-state index contributed by atoms with van der Waals surface area (Å²) in [6.07, 6.45) is 0. The second kappa shape index (κ2) is 4.83. The Kier molecular flexibility index (Phi) is 2.64. The lowest BCUT2D eigenvalue weighted by atomic mass is 10.1. The monoisotopic (exact) mass is 316 g/mol. The summed E-state index contributed by atoms with van der Waals surface area (Å²) >= 11 is 0. The van der Waals surface area contributed by atoms with Gasteiger partial charge in [-0.2, -0.15) is 0 Å². The number of pyridine rings is 2. The molecule has 0 saturated heterocycles. The predicted molar refractivity (Wildman–Crippen MR) is 91.4 cm³/mol. The lowest BCUT2D eigenvalue weighted by molar-refractivity contribution is 0.174. The first-order valence-corrected chi connectivity index (χ1v) is 7.61. The number of aromatic nitrogens is 2. The Morgan fingerprint density at radius 2 is 1.79 bits per heavy atom. The summed E-state index contributed by atoms with van der Waals surface area (Å²) in [5.74, 6) is 1.24. The molecule has 4 aromatic rings. The molecule has 5 rings (SSSR count). The number of aromatic amines is 1.